The van der Waals surface area contributed by atoms with Gasteiger partial charge in [0.15, 0.2) is 0 Å². The summed E-state index contributed by atoms with van der Waals surface area (Å²) in [5.74, 6) is -0.360. The molecule has 0 heterocycles. The molecule has 98 valence electrons. The number of nitrogens with one attached hydrogen (secondary N) is 1. The first-order valence-electron chi connectivity index (χ1n) is 5.29. The van der Waals surface area contributed by atoms with Gasteiger partial charge in [0, 0.05) is 17.6 Å². The lowest BCUT2D eigenvalue weighted by molar-refractivity contribution is -0.140. The fourth-order valence-electron chi connectivity index (χ4n) is 1.27. The lowest BCUT2D eigenvalue weighted by Gasteiger charge is -2.12. The zero-order valence-electron chi connectivity index (χ0n) is 10.2. The quantitative estimate of drug-likeness (QED) is 0.763. The van der Waals surface area contributed by atoms with Gasteiger partial charge in [-0.1, -0.05) is 0 Å². The molecule has 0 saturated heterocycles. The molecule has 0 aliphatic rings. The highest BCUT2D eigenvalue weighted by Crippen LogP contribution is 2.21. The molecule has 1 unspecified atom stereocenters. The number of hydrogen-bond acceptors (Lipinski definition) is 4. The molecule has 1 amide bonds. The van der Waals surface area contributed by atoms with Crippen LogP contribution in [0.25, 0.3) is 0 Å². The Bertz CT molecular complexity index is 419. The number of rotatable bonds is 6. The number of carbonyl (C=O) groups is 2. The molecular weight excluding hydrogens is 254 g/mol. The summed E-state index contributed by atoms with van der Waals surface area (Å²) >= 11 is 1.37. The molecule has 0 aliphatic carbocycles. The van der Waals surface area contributed by atoms with E-state index in [0.29, 0.717) is 0 Å². The van der Waals surface area contributed by atoms with Gasteiger partial charge in [-0.25, -0.2) is 4.79 Å². The van der Waals surface area contributed by atoms with E-state index in [1.807, 2.05) is 12.1 Å². The summed E-state index contributed by atoms with van der Waals surface area (Å²) < 4.78 is 5.03. The first kappa shape index (κ1) is 14.4. The Kier molecular flexibility index (Phi) is 5.51. The summed E-state index contributed by atoms with van der Waals surface area (Å²) in [6.45, 7) is 1.30. The maximum absolute atomic E-state index is 10.9. The number of carboxylic acids is 1. The summed E-state index contributed by atoms with van der Waals surface area (Å²) in [5, 5.41) is 11.3. The standard InChI is InChI=1S/C12H15NO4S/c1-8(14)13-11(12(15)16)7-18-10-5-3-9(17-2)4-6-10/h3-6,11H,7H2,1-2H3,(H,13,14)(H,15,16). The van der Waals surface area contributed by atoms with E-state index in [9.17, 15) is 9.59 Å². The van der Waals surface area contributed by atoms with Crippen molar-refractivity contribution in [3.05, 3.63) is 24.3 Å². The molecule has 0 saturated carbocycles. The molecule has 18 heavy (non-hydrogen) atoms. The lowest BCUT2D eigenvalue weighted by Crippen LogP contribution is -2.41. The fraction of sp³-hybridized carbons (Fsp3) is 0.333. The first-order valence-corrected chi connectivity index (χ1v) is 6.28. The van der Waals surface area contributed by atoms with E-state index in [4.69, 9.17) is 9.84 Å². The average molecular weight is 269 g/mol. The predicted octanol–water partition coefficient (Wildman–Crippen LogP) is 1.38. The van der Waals surface area contributed by atoms with E-state index in [1.165, 1.54) is 18.7 Å². The van der Waals surface area contributed by atoms with Gasteiger partial charge in [0.05, 0.1) is 7.11 Å². The van der Waals surface area contributed by atoms with Crippen LogP contribution in [0.5, 0.6) is 5.75 Å². The maximum atomic E-state index is 10.9. The molecule has 1 rings (SSSR count). The van der Waals surface area contributed by atoms with Gasteiger partial charge >= 0.3 is 5.97 Å². The predicted molar refractivity (Wildman–Crippen MR) is 69.0 cm³/mol. The monoisotopic (exact) mass is 269 g/mol. The highest BCUT2D eigenvalue weighted by molar-refractivity contribution is 7.99. The van der Waals surface area contributed by atoms with Gasteiger partial charge < -0.3 is 15.2 Å². The van der Waals surface area contributed by atoms with Crippen LogP contribution < -0.4 is 10.1 Å². The van der Waals surface area contributed by atoms with Crippen molar-refractivity contribution in [1.82, 2.24) is 5.32 Å². The third kappa shape index (κ3) is 4.67. The maximum Gasteiger partial charge on any atom is 0.327 e. The Hall–Kier alpha value is -1.69. The van der Waals surface area contributed by atoms with Gasteiger partial charge in [0.2, 0.25) is 5.91 Å². The van der Waals surface area contributed by atoms with Crippen LogP contribution in [-0.4, -0.2) is 35.9 Å². The first-order chi connectivity index (χ1) is 8.52. The molecule has 5 nitrogen and oxygen atoms in total. The zero-order valence-corrected chi connectivity index (χ0v) is 11.0. The number of benzene rings is 1. The molecular formula is C12H15NO4S. The minimum Gasteiger partial charge on any atom is -0.497 e. The van der Waals surface area contributed by atoms with E-state index >= 15 is 0 Å². The third-order valence-corrected chi connectivity index (χ3v) is 3.26. The number of methoxy groups -OCH3 is 1. The van der Waals surface area contributed by atoms with Crippen LogP contribution in [0.4, 0.5) is 0 Å². The average Bonchev–Trinajstić information content (AvgIpc) is 2.34. The van der Waals surface area contributed by atoms with Gasteiger partial charge in [-0.05, 0) is 24.3 Å². The summed E-state index contributed by atoms with van der Waals surface area (Å²) in [5.41, 5.74) is 0. The zero-order chi connectivity index (χ0) is 13.5. The number of amides is 1. The minimum atomic E-state index is -1.04. The Morgan fingerprint density at radius 2 is 2.00 bits per heavy atom. The van der Waals surface area contributed by atoms with Gasteiger partial charge in [-0.3, -0.25) is 4.79 Å². The molecule has 2 N–H and O–H groups in total. The van der Waals surface area contributed by atoms with Crippen molar-refractivity contribution in [3.63, 3.8) is 0 Å². The molecule has 1 aromatic carbocycles. The normalized spacial score (nSPS) is 11.7. The van der Waals surface area contributed by atoms with E-state index in [0.717, 1.165) is 10.6 Å². The van der Waals surface area contributed by atoms with E-state index in [1.54, 1.807) is 19.2 Å². The second-order valence-corrected chi connectivity index (χ2v) is 4.67. The largest absolute Gasteiger partial charge is 0.497 e. The smallest absolute Gasteiger partial charge is 0.327 e. The number of aliphatic carboxylic acids is 1. The number of carbonyl (C=O) groups excluding carboxylic acids is 1. The number of carboxylic acid groups (broad SMARTS) is 1. The Morgan fingerprint density at radius 1 is 1.39 bits per heavy atom. The molecule has 0 radical (unpaired) electrons. The summed E-state index contributed by atoms with van der Waals surface area (Å²) in [6, 6.07) is 6.41. The van der Waals surface area contributed by atoms with Gasteiger partial charge in [0.25, 0.3) is 0 Å². The Balaban J connectivity index is 2.55. The number of thioether (sulfide) groups is 1. The molecule has 0 bridgehead atoms. The van der Waals surface area contributed by atoms with Crippen LogP contribution in [-0.2, 0) is 9.59 Å². The van der Waals surface area contributed by atoms with E-state index < -0.39 is 12.0 Å². The second kappa shape index (κ2) is 6.90. The fourth-order valence-corrected chi connectivity index (χ4v) is 2.19. The second-order valence-electron chi connectivity index (χ2n) is 3.58. The molecule has 0 aromatic heterocycles. The van der Waals surface area contributed by atoms with Gasteiger partial charge in [0.1, 0.15) is 11.8 Å². The SMILES string of the molecule is COc1ccc(SCC(NC(C)=O)C(=O)O)cc1. The highest BCUT2D eigenvalue weighted by Gasteiger charge is 2.18. The van der Waals surface area contributed by atoms with Crippen molar-refractivity contribution < 1.29 is 19.4 Å². The molecule has 1 aromatic rings. The summed E-state index contributed by atoms with van der Waals surface area (Å²) in [6.07, 6.45) is 0. The van der Waals surface area contributed by atoms with Crippen molar-refractivity contribution in [1.29, 1.82) is 0 Å². The molecule has 1 atom stereocenters. The Morgan fingerprint density at radius 3 is 2.44 bits per heavy atom. The number of ether oxygens (including phenoxy) is 1. The van der Waals surface area contributed by atoms with Crippen molar-refractivity contribution in [2.75, 3.05) is 12.9 Å². The third-order valence-electron chi connectivity index (χ3n) is 2.15. The van der Waals surface area contributed by atoms with Crippen LogP contribution in [0.1, 0.15) is 6.92 Å². The molecule has 0 aliphatic heterocycles. The Labute approximate surface area is 110 Å². The van der Waals surface area contributed by atoms with Gasteiger partial charge in [-0.15, -0.1) is 11.8 Å². The molecule has 6 heteroatoms. The lowest BCUT2D eigenvalue weighted by atomic mass is 10.3. The van der Waals surface area contributed by atoms with Crippen LogP contribution in [0.3, 0.4) is 0 Å². The van der Waals surface area contributed by atoms with Crippen molar-refractivity contribution in [2.24, 2.45) is 0 Å². The number of hydrogen-bond donors (Lipinski definition) is 2. The topological polar surface area (TPSA) is 75.6 Å². The van der Waals surface area contributed by atoms with Crippen molar-refractivity contribution in [2.45, 2.75) is 17.9 Å². The van der Waals surface area contributed by atoms with Crippen LogP contribution in [0.15, 0.2) is 29.2 Å². The van der Waals surface area contributed by atoms with E-state index in [-0.39, 0.29) is 11.7 Å². The van der Waals surface area contributed by atoms with Crippen LogP contribution in [0.2, 0.25) is 0 Å². The summed E-state index contributed by atoms with van der Waals surface area (Å²) in [7, 11) is 1.58. The van der Waals surface area contributed by atoms with Crippen LogP contribution >= 0.6 is 11.8 Å². The molecule has 0 spiro atoms. The molecule has 0 fully saturated rings. The van der Waals surface area contributed by atoms with Crippen molar-refractivity contribution in [3.8, 4) is 5.75 Å². The minimum absolute atomic E-state index is 0.279. The van der Waals surface area contributed by atoms with Crippen LogP contribution in [0, 0.1) is 0 Å². The highest BCUT2D eigenvalue weighted by atomic mass is 32.2. The van der Waals surface area contributed by atoms with Crippen molar-refractivity contribution >= 4 is 23.6 Å². The van der Waals surface area contributed by atoms with Gasteiger partial charge in [-0.2, -0.15) is 0 Å². The summed E-state index contributed by atoms with van der Waals surface area (Å²) in [4.78, 5) is 22.7. The van der Waals surface area contributed by atoms with E-state index in [2.05, 4.69) is 5.32 Å².